The molecule has 0 radical (unpaired) electrons. The van der Waals surface area contributed by atoms with E-state index < -0.39 is 0 Å². The van der Waals surface area contributed by atoms with Crippen molar-refractivity contribution in [2.24, 2.45) is 7.05 Å². The molecule has 20 heavy (non-hydrogen) atoms. The van der Waals surface area contributed by atoms with Crippen molar-refractivity contribution in [1.82, 2.24) is 39.5 Å². The van der Waals surface area contributed by atoms with Gasteiger partial charge in [-0.15, -0.1) is 5.10 Å². The predicted molar refractivity (Wildman–Crippen MR) is 69.9 cm³/mol. The second-order valence-electron chi connectivity index (χ2n) is 3.61. The second-order valence-corrected chi connectivity index (χ2v) is 4.88. The highest BCUT2D eigenvalue weighted by atomic mass is 35.5. The van der Waals surface area contributed by atoms with Crippen molar-refractivity contribution in [3.63, 3.8) is 0 Å². The van der Waals surface area contributed by atoms with Crippen molar-refractivity contribution in [1.29, 1.82) is 0 Å². The van der Waals surface area contributed by atoms with E-state index in [-0.39, 0.29) is 16.9 Å². The third kappa shape index (κ3) is 2.42. The Morgan fingerprint density at radius 2 is 2.20 bits per heavy atom. The summed E-state index contributed by atoms with van der Waals surface area (Å²) in [7, 11) is 1.59. The number of aromatic nitrogens is 8. The first-order chi connectivity index (χ1) is 9.63. The summed E-state index contributed by atoms with van der Waals surface area (Å²) in [5.74, 6) is 0.290. The number of H-pyrrole nitrogens is 1. The predicted octanol–water partition coefficient (Wildman–Crippen LogP) is 0.284. The Morgan fingerprint density at radius 1 is 1.35 bits per heavy atom. The second kappa shape index (κ2) is 5.06. The van der Waals surface area contributed by atoms with E-state index in [0.29, 0.717) is 10.3 Å². The quantitative estimate of drug-likeness (QED) is 0.740. The average Bonchev–Trinajstić information content (AvgIpc) is 3.04. The Morgan fingerprint density at radius 3 is 2.85 bits per heavy atom. The molecule has 0 aromatic carbocycles. The highest BCUT2D eigenvalue weighted by molar-refractivity contribution is 7.99. The number of hydrogen-bond donors (Lipinski definition) is 1. The Labute approximate surface area is 121 Å². The van der Waals surface area contributed by atoms with Crippen molar-refractivity contribution in [3.05, 3.63) is 34.2 Å². The summed E-state index contributed by atoms with van der Waals surface area (Å²) in [6.07, 6.45) is 3.28. The molecule has 0 saturated heterocycles. The smallest absolute Gasteiger partial charge is 0.273 e. The van der Waals surface area contributed by atoms with Gasteiger partial charge in [0.25, 0.3) is 5.95 Å². The van der Waals surface area contributed by atoms with Crippen LogP contribution in [0.5, 0.6) is 0 Å². The van der Waals surface area contributed by atoms with Crippen LogP contribution in [0.15, 0.2) is 33.6 Å². The molecular weight excluding hydrogens is 304 g/mol. The molecule has 0 spiro atoms. The standard InChI is InChI=1S/C9H7ClN8OS/c1-17-8(19)15-16-9(17)20-7-13-5(10)12-6(14-7)18-4-2-3-11-18/h2-4H,1H3,(H,15,19). The summed E-state index contributed by atoms with van der Waals surface area (Å²) in [4.78, 5) is 23.5. The zero-order valence-electron chi connectivity index (χ0n) is 10.1. The minimum Gasteiger partial charge on any atom is -0.273 e. The molecule has 0 saturated carbocycles. The summed E-state index contributed by atoms with van der Waals surface area (Å²) in [6.45, 7) is 0. The van der Waals surface area contributed by atoms with Gasteiger partial charge < -0.3 is 0 Å². The fourth-order valence-corrected chi connectivity index (χ4v) is 2.30. The van der Waals surface area contributed by atoms with E-state index in [0.717, 1.165) is 11.8 Å². The Bertz CT molecular complexity index is 795. The summed E-state index contributed by atoms with van der Waals surface area (Å²) in [5, 5.41) is 11.0. The van der Waals surface area contributed by atoms with E-state index in [1.807, 2.05) is 0 Å². The van der Waals surface area contributed by atoms with Crippen LogP contribution in [-0.4, -0.2) is 39.5 Å². The third-order valence-electron chi connectivity index (χ3n) is 2.31. The van der Waals surface area contributed by atoms with Crippen molar-refractivity contribution in [2.75, 3.05) is 0 Å². The maximum Gasteiger partial charge on any atom is 0.343 e. The zero-order valence-corrected chi connectivity index (χ0v) is 11.6. The zero-order chi connectivity index (χ0) is 14.1. The van der Waals surface area contributed by atoms with Gasteiger partial charge in [0, 0.05) is 19.4 Å². The molecule has 0 aliphatic heterocycles. The number of aromatic amines is 1. The summed E-state index contributed by atoms with van der Waals surface area (Å²) in [5.41, 5.74) is -0.319. The van der Waals surface area contributed by atoms with E-state index in [1.54, 1.807) is 25.5 Å². The molecule has 0 aliphatic rings. The molecule has 0 atom stereocenters. The molecule has 0 aliphatic carbocycles. The maximum atomic E-state index is 11.3. The molecule has 3 aromatic rings. The molecule has 9 nitrogen and oxygen atoms in total. The first-order valence-corrected chi connectivity index (χ1v) is 6.54. The van der Waals surface area contributed by atoms with Crippen molar-refractivity contribution in [2.45, 2.75) is 10.3 Å². The summed E-state index contributed by atoms with van der Waals surface area (Å²) >= 11 is 6.96. The van der Waals surface area contributed by atoms with Gasteiger partial charge in [0.2, 0.25) is 10.4 Å². The van der Waals surface area contributed by atoms with Crippen LogP contribution < -0.4 is 5.69 Å². The Kier molecular flexibility index (Phi) is 3.24. The summed E-state index contributed by atoms with van der Waals surface area (Å²) < 4.78 is 2.80. The minimum absolute atomic E-state index is 0.0357. The topological polar surface area (TPSA) is 107 Å². The minimum atomic E-state index is -0.319. The number of nitrogens with zero attached hydrogens (tertiary/aromatic N) is 7. The van der Waals surface area contributed by atoms with Crippen molar-refractivity contribution in [3.8, 4) is 5.95 Å². The van der Waals surface area contributed by atoms with Gasteiger partial charge in [-0.1, -0.05) is 0 Å². The molecule has 3 heterocycles. The molecular formula is C9H7ClN8OS. The van der Waals surface area contributed by atoms with E-state index >= 15 is 0 Å². The van der Waals surface area contributed by atoms with Crippen LogP contribution in [0.1, 0.15) is 0 Å². The Hall–Kier alpha value is -2.20. The number of halogens is 1. The monoisotopic (exact) mass is 310 g/mol. The largest absolute Gasteiger partial charge is 0.343 e. The SMILES string of the molecule is Cn1c(Sc2nc(Cl)nc(-n3cccn3)n2)n[nH]c1=O. The molecule has 0 amide bonds. The van der Waals surface area contributed by atoms with Gasteiger partial charge in [-0.05, 0) is 29.4 Å². The van der Waals surface area contributed by atoms with Crippen LogP contribution in [-0.2, 0) is 7.05 Å². The lowest BCUT2D eigenvalue weighted by Crippen LogP contribution is -2.13. The summed E-state index contributed by atoms with van der Waals surface area (Å²) in [6, 6.07) is 1.74. The molecule has 1 N–H and O–H groups in total. The first-order valence-electron chi connectivity index (χ1n) is 5.34. The highest BCUT2D eigenvalue weighted by Crippen LogP contribution is 2.22. The van der Waals surface area contributed by atoms with Gasteiger partial charge in [0.15, 0.2) is 5.16 Å². The van der Waals surface area contributed by atoms with Gasteiger partial charge in [-0.3, -0.25) is 4.57 Å². The van der Waals surface area contributed by atoms with Gasteiger partial charge in [-0.2, -0.15) is 20.1 Å². The molecule has 3 aromatic heterocycles. The van der Waals surface area contributed by atoms with Crippen LogP contribution in [0.2, 0.25) is 5.28 Å². The van der Waals surface area contributed by atoms with Crippen molar-refractivity contribution < 1.29 is 0 Å². The van der Waals surface area contributed by atoms with Gasteiger partial charge in [-0.25, -0.2) is 14.6 Å². The lowest BCUT2D eigenvalue weighted by atomic mass is 10.7. The molecule has 11 heteroatoms. The molecule has 0 bridgehead atoms. The van der Waals surface area contributed by atoms with Gasteiger partial charge >= 0.3 is 5.69 Å². The van der Waals surface area contributed by atoms with Crippen LogP contribution in [0, 0.1) is 0 Å². The fraction of sp³-hybridized carbons (Fsp3) is 0.111. The first kappa shape index (κ1) is 12.8. The van der Waals surface area contributed by atoms with Crippen LogP contribution >= 0.6 is 23.4 Å². The molecule has 3 rings (SSSR count). The Balaban J connectivity index is 1.98. The van der Waals surface area contributed by atoms with Crippen LogP contribution in [0.4, 0.5) is 0 Å². The molecule has 0 unspecified atom stereocenters. The highest BCUT2D eigenvalue weighted by Gasteiger charge is 2.12. The van der Waals surface area contributed by atoms with Crippen molar-refractivity contribution >= 4 is 23.4 Å². The lowest BCUT2D eigenvalue weighted by Gasteiger charge is -2.02. The fourth-order valence-electron chi connectivity index (χ4n) is 1.36. The molecule has 0 fully saturated rings. The van der Waals surface area contributed by atoms with Gasteiger partial charge in [0.05, 0.1) is 0 Å². The third-order valence-corrected chi connectivity index (χ3v) is 3.39. The lowest BCUT2D eigenvalue weighted by molar-refractivity contribution is 0.744. The van der Waals surface area contributed by atoms with E-state index in [1.165, 1.54) is 9.25 Å². The van der Waals surface area contributed by atoms with Crippen LogP contribution in [0.25, 0.3) is 5.95 Å². The maximum absolute atomic E-state index is 11.3. The average molecular weight is 311 g/mol. The number of hydrogen-bond acceptors (Lipinski definition) is 7. The van der Waals surface area contributed by atoms with E-state index in [2.05, 4.69) is 30.2 Å². The van der Waals surface area contributed by atoms with Gasteiger partial charge in [0.1, 0.15) is 0 Å². The van der Waals surface area contributed by atoms with E-state index in [4.69, 9.17) is 11.6 Å². The molecule has 102 valence electrons. The van der Waals surface area contributed by atoms with Crippen LogP contribution in [0.3, 0.4) is 0 Å². The number of rotatable bonds is 3. The van der Waals surface area contributed by atoms with E-state index in [9.17, 15) is 4.79 Å². The normalized spacial score (nSPS) is 10.9. The number of nitrogens with one attached hydrogen (secondary N) is 1.